The molecule has 2 aliphatic rings. The molecule has 2 saturated heterocycles. The molecule has 2 unspecified atom stereocenters. The topological polar surface area (TPSA) is 15.7 Å². The zero-order valence-corrected chi connectivity index (χ0v) is 13.3. The van der Waals surface area contributed by atoms with E-state index in [0.29, 0.717) is 11.5 Å². The molecule has 112 valence electrons. The average molecular weight is 268 g/mol. The predicted molar refractivity (Wildman–Crippen MR) is 80.5 cm³/mol. The van der Waals surface area contributed by atoms with Crippen LogP contribution in [0.25, 0.3) is 0 Å². The molecule has 3 heteroatoms. The van der Waals surface area contributed by atoms with E-state index < -0.39 is 0 Å². The molecule has 0 bridgehead atoms. The number of nitrogens with zero attached hydrogens (tertiary/aromatic N) is 2. The van der Waals surface area contributed by atoms with Crippen molar-refractivity contribution in [3.63, 3.8) is 0 Å². The predicted octanol–water partition coefficient (Wildman–Crippen LogP) is 2.61. The van der Waals surface area contributed by atoms with E-state index in [9.17, 15) is 0 Å². The maximum Gasteiger partial charge on any atom is 0.0467 e. The van der Waals surface area contributed by atoms with E-state index in [4.69, 9.17) is 4.74 Å². The van der Waals surface area contributed by atoms with E-state index in [0.717, 1.165) is 19.1 Å². The van der Waals surface area contributed by atoms with E-state index in [1.54, 1.807) is 7.11 Å². The van der Waals surface area contributed by atoms with Crippen molar-refractivity contribution >= 4 is 0 Å². The number of rotatable bonds is 5. The van der Waals surface area contributed by atoms with Crippen molar-refractivity contribution in [1.82, 2.24) is 9.80 Å². The van der Waals surface area contributed by atoms with Crippen LogP contribution in [0.1, 0.15) is 46.5 Å². The smallest absolute Gasteiger partial charge is 0.0467 e. The maximum absolute atomic E-state index is 5.25. The van der Waals surface area contributed by atoms with Crippen LogP contribution >= 0.6 is 0 Å². The first-order chi connectivity index (χ1) is 9.02. The first-order valence-electron chi connectivity index (χ1n) is 7.99. The fourth-order valence-electron chi connectivity index (χ4n) is 3.64. The Bertz CT molecular complexity index is 280. The molecule has 2 heterocycles. The Morgan fingerprint density at radius 2 is 2.00 bits per heavy atom. The Hall–Kier alpha value is -0.120. The summed E-state index contributed by atoms with van der Waals surface area (Å²) < 4.78 is 5.25. The van der Waals surface area contributed by atoms with Crippen molar-refractivity contribution in [2.24, 2.45) is 5.41 Å². The van der Waals surface area contributed by atoms with Crippen molar-refractivity contribution in [2.45, 2.75) is 58.5 Å². The Kier molecular flexibility index (Phi) is 5.27. The van der Waals surface area contributed by atoms with Gasteiger partial charge in [-0.3, -0.25) is 9.80 Å². The summed E-state index contributed by atoms with van der Waals surface area (Å²) in [5, 5.41) is 0. The number of ether oxygens (including phenoxy) is 1. The zero-order valence-electron chi connectivity index (χ0n) is 13.3. The van der Waals surface area contributed by atoms with E-state index >= 15 is 0 Å². The van der Waals surface area contributed by atoms with Gasteiger partial charge in [0.1, 0.15) is 0 Å². The lowest BCUT2D eigenvalue weighted by Crippen LogP contribution is -2.60. The Labute approximate surface area is 119 Å². The van der Waals surface area contributed by atoms with E-state index in [-0.39, 0.29) is 0 Å². The molecule has 0 aromatic rings. The van der Waals surface area contributed by atoms with Gasteiger partial charge in [0.15, 0.2) is 0 Å². The highest BCUT2D eigenvalue weighted by Crippen LogP contribution is 2.28. The number of hydrogen-bond acceptors (Lipinski definition) is 3. The van der Waals surface area contributed by atoms with Crippen molar-refractivity contribution in [3.8, 4) is 0 Å². The summed E-state index contributed by atoms with van der Waals surface area (Å²) in [6.07, 6.45) is 5.39. The molecular formula is C16H32N2O. The van der Waals surface area contributed by atoms with Crippen LogP contribution in [-0.4, -0.2) is 61.8 Å². The molecule has 0 radical (unpaired) electrons. The van der Waals surface area contributed by atoms with Crippen molar-refractivity contribution in [1.29, 1.82) is 0 Å². The number of piperidine rings is 1. The fourth-order valence-corrected chi connectivity index (χ4v) is 3.64. The summed E-state index contributed by atoms with van der Waals surface area (Å²) in [6.45, 7) is 13.1. The zero-order chi connectivity index (χ0) is 13.9. The molecule has 0 aromatic carbocycles. The van der Waals surface area contributed by atoms with Gasteiger partial charge in [0.25, 0.3) is 0 Å². The SMILES string of the molecule is COCCC(C)(C)CN1CC2CCCCN2CC1C. The Balaban J connectivity index is 1.89. The highest BCUT2D eigenvalue weighted by atomic mass is 16.5. The normalized spacial score (nSPS) is 30.3. The fraction of sp³-hybridized carbons (Fsp3) is 1.00. The van der Waals surface area contributed by atoms with Crippen LogP contribution in [0.2, 0.25) is 0 Å². The molecule has 0 amide bonds. The van der Waals surface area contributed by atoms with Crippen LogP contribution in [0.4, 0.5) is 0 Å². The summed E-state index contributed by atoms with van der Waals surface area (Å²) in [4.78, 5) is 5.45. The van der Waals surface area contributed by atoms with Crippen LogP contribution in [0.5, 0.6) is 0 Å². The molecule has 0 spiro atoms. The molecule has 2 aliphatic heterocycles. The van der Waals surface area contributed by atoms with Gasteiger partial charge in [0.2, 0.25) is 0 Å². The molecule has 2 atom stereocenters. The largest absolute Gasteiger partial charge is 0.385 e. The van der Waals surface area contributed by atoms with Gasteiger partial charge in [-0.25, -0.2) is 0 Å². The van der Waals surface area contributed by atoms with Crippen LogP contribution in [0.15, 0.2) is 0 Å². The monoisotopic (exact) mass is 268 g/mol. The lowest BCUT2D eigenvalue weighted by molar-refractivity contribution is -0.00634. The second-order valence-corrected chi connectivity index (χ2v) is 7.33. The van der Waals surface area contributed by atoms with Gasteiger partial charge in [0, 0.05) is 45.4 Å². The highest BCUT2D eigenvalue weighted by molar-refractivity contribution is 4.90. The molecule has 0 N–H and O–H groups in total. The lowest BCUT2D eigenvalue weighted by atomic mass is 9.87. The number of fused-ring (bicyclic) bond motifs is 1. The third-order valence-corrected chi connectivity index (χ3v) is 4.93. The quantitative estimate of drug-likeness (QED) is 0.762. The summed E-state index contributed by atoms with van der Waals surface area (Å²) in [5.74, 6) is 0. The Morgan fingerprint density at radius 3 is 2.74 bits per heavy atom. The molecule has 3 nitrogen and oxygen atoms in total. The molecular weight excluding hydrogens is 236 g/mol. The van der Waals surface area contributed by atoms with Crippen LogP contribution in [0, 0.1) is 5.41 Å². The number of methoxy groups -OCH3 is 1. The molecule has 2 rings (SSSR count). The van der Waals surface area contributed by atoms with Crippen LogP contribution < -0.4 is 0 Å². The highest BCUT2D eigenvalue weighted by Gasteiger charge is 2.35. The van der Waals surface area contributed by atoms with E-state index in [1.807, 2.05) is 0 Å². The van der Waals surface area contributed by atoms with Crippen molar-refractivity contribution in [2.75, 3.05) is 39.9 Å². The third kappa shape index (κ3) is 4.17. The van der Waals surface area contributed by atoms with E-state index in [1.165, 1.54) is 45.4 Å². The van der Waals surface area contributed by atoms with Crippen molar-refractivity contribution < 1.29 is 4.74 Å². The molecule has 0 aliphatic carbocycles. The van der Waals surface area contributed by atoms with Gasteiger partial charge in [-0.15, -0.1) is 0 Å². The minimum Gasteiger partial charge on any atom is -0.385 e. The summed E-state index contributed by atoms with van der Waals surface area (Å²) >= 11 is 0. The average Bonchev–Trinajstić information content (AvgIpc) is 2.37. The van der Waals surface area contributed by atoms with Crippen LogP contribution in [0.3, 0.4) is 0 Å². The second kappa shape index (κ2) is 6.55. The van der Waals surface area contributed by atoms with E-state index in [2.05, 4.69) is 30.6 Å². The minimum absolute atomic E-state index is 0.362. The van der Waals surface area contributed by atoms with Gasteiger partial charge >= 0.3 is 0 Å². The molecule has 0 aromatic heterocycles. The first-order valence-corrected chi connectivity index (χ1v) is 7.99. The van der Waals surface area contributed by atoms with Crippen molar-refractivity contribution in [3.05, 3.63) is 0 Å². The lowest BCUT2D eigenvalue weighted by Gasteiger charge is -2.49. The van der Waals surface area contributed by atoms with Crippen LogP contribution in [-0.2, 0) is 4.74 Å². The number of piperazine rings is 1. The summed E-state index contributed by atoms with van der Waals surface area (Å²) in [7, 11) is 1.81. The summed E-state index contributed by atoms with van der Waals surface area (Å²) in [6, 6.07) is 1.53. The molecule has 0 saturated carbocycles. The van der Waals surface area contributed by atoms with Gasteiger partial charge in [-0.2, -0.15) is 0 Å². The number of hydrogen-bond donors (Lipinski definition) is 0. The third-order valence-electron chi connectivity index (χ3n) is 4.93. The maximum atomic E-state index is 5.25. The molecule has 2 fully saturated rings. The van der Waals surface area contributed by atoms with Gasteiger partial charge < -0.3 is 4.74 Å². The second-order valence-electron chi connectivity index (χ2n) is 7.33. The first kappa shape index (κ1) is 15.3. The minimum atomic E-state index is 0.362. The standard InChI is InChI=1S/C16H32N2O/c1-14-11-17-9-6-5-7-15(17)12-18(14)13-16(2,3)8-10-19-4/h14-15H,5-13H2,1-4H3. The summed E-state index contributed by atoms with van der Waals surface area (Å²) in [5.41, 5.74) is 0.362. The van der Waals surface area contributed by atoms with Gasteiger partial charge in [-0.05, 0) is 38.1 Å². The Morgan fingerprint density at radius 1 is 1.21 bits per heavy atom. The van der Waals surface area contributed by atoms with Gasteiger partial charge in [-0.1, -0.05) is 20.3 Å². The van der Waals surface area contributed by atoms with Gasteiger partial charge in [0.05, 0.1) is 0 Å². The molecule has 19 heavy (non-hydrogen) atoms.